The number of nitrogens with one attached hydrogen (secondary N) is 2. The van der Waals surface area contributed by atoms with Gasteiger partial charge in [-0.2, -0.15) is 0 Å². The number of rotatable bonds is 9. The molecule has 1 saturated heterocycles. The van der Waals surface area contributed by atoms with Gasteiger partial charge in [-0.25, -0.2) is 0 Å². The van der Waals surface area contributed by atoms with Crippen molar-refractivity contribution in [3.05, 3.63) is 70.2 Å². The summed E-state index contributed by atoms with van der Waals surface area (Å²) in [5.74, 6) is 0.772. The molecule has 2 aliphatic heterocycles. The molecule has 3 unspecified atom stereocenters. The molecule has 40 heavy (non-hydrogen) atoms. The molecular weight excluding hydrogens is 520 g/mol. The topological polar surface area (TPSA) is 64.7 Å². The number of halogens is 1. The number of carbonyl (C=O) groups is 2. The first-order valence-corrected chi connectivity index (χ1v) is 15.7. The molecule has 5 rings (SSSR count). The minimum absolute atomic E-state index is 0.0138. The van der Waals surface area contributed by atoms with Gasteiger partial charge in [0.1, 0.15) is 6.04 Å². The fraction of sp³-hybridized carbons (Fsp3) is 0.576. The van der Waals surface area contributed by atoms with Gasteiger partial charge in [0.2, 0.25) is 11.8 Å². The van der Waals surface area contributed by atoms with Crippen LogP contribution in [0.4, 0.5) is 0 Å². The Morgan fingerprint density at radius 2 is 1.73 bits per heavy atom. The van der Waals surface area contributed by atoms with E-state index in [1.165, 1.54) is 49.7 Å². The molecule has 2 fully saturated rings. The molecule has 1 saturated carbocycles. The average Bonchev–Trinajstić information content (AvgIpc) is 2.98. The first kappa shape index (κ1) is 29.1. The number of benzene rings is 2. The summed E-state index contributed by atoms with van der Waals surface area (Å²) in [6, 6.07) is 15.8. The van der Waals surface area contributed by atoms with Crippen molar-refractivity contribution < 1.29 is 9.59 Å². The van der Waals surface area contributed by atoms with Crippen molar-refractivity contribution >= 4 is 23.4 Å². The van der Waals surface area contributed by atoms with Crippen LogP contribution in [0, 0.1) is 5.92 Å². The van der Waals surface area contributed by atoms with E-state index in [-0.39, 0.29) is 17.9 Å². The molecule has 216 valence electrons. The maximum absolute atomic E-state index is 13.8. The van der Waals surface area contributed by atoms with Gasteiger partial charge in [-0.1, -0.05) is 80.1 Å². The van der Waals surface area contributed by atoms with Gasteiger partial charge in [0, 0.05) is 56.1 Å². The molecule has 0 radical (unpaired) electrons. The molecule has 2 amide bonds. The van der Waals surface area contributed by atoms with Gasteiger partial charge in [-0.05, 0) is 61.1 Å². The van der Waals surface area contributed by atoms with Gasteiger partial charge in [0.15, 0.2) is 0 Å². The zero-order valence-corrected chi connectivity index (χ0v) is 24.7. The average molecular weight is 565 g/mol. The molecule has 2 aromatic rings. The summed E-state index contributed by atoms with van der Waals surface area (Å²) in [6.07, 6.45) is 9.90. The summed E-state index contributed by atoms with van der Waals surface area (Å²) in [6.45, 7) is 6.41. The van der Waals surface area contributed by atoms with E-state index in [0.717, 1.165) is 37.5 Å². The van der Waals surface area contributed by atoms with Crippen LogP contribution in [0.25, 0.3) is 0 Å². The lowest BCUT2D eigenvalue weighted by molar-refractivity contribution is -0.138. The monoisotopic (exact) mass is 564 g/mol. The largest absolute Gasteiger partial charge is 0.344 e. The van der Waals surface area contributed by atoms with Crippen LogP contribution in [0.1, 0.15) is 74.6 Å². The Balaban J connectivity index is 1.20. The normalized spacial score (nSPS) is 21.9. The van der Waals surface area contributed by atoms with Crippen molar-refractivity contribution in [1.82, 2.24) is 20.4 Å². The number of amides is 2. The highest BCUT2D eigenvalue weighted by Crippen LogP contribution is 2.29. The van der Waals surface area contributed by atoms with E-state index in [2.05, 4.69) is 40.7 Å². The Morgan fingerprint density at radius 1 is 1.00 bits per heavy atom. The highest BCUT2D eigenvalue weighted by Gasteiger charge is 2.32. The van der Waals surface area contributed by atoms with E-state index >= 15 is 0 Å². The fourth-order valence-electron chi connectivity index (χ4n) is 6.93. The SMILES string of the molecule is CC(CC1CCCCC1)N1CCN(C(=O)C(Cc2ccc(Cl)cc2)NC(=O)CC2NCCc3ccccc32)CC1. The van der Waals surface area contributed by atoms with Crippen molar-refractivity contribution in [3.63, 3.8) is 0 Å². The number of nitrogens with zero attached hydrogens (tertiary/aromatic N) is 2. The smallest absolute Gasteiger partial charge is 0.245 e. The molecule has 2 heterocycles. The minimum Gasteiger partial charge on any atom is -0.344 e. The molecule has 3 aliphatic rings. The summed E-state index contributed by atoms with van der Waals surface area (Å²) in [5, 5.41) is 7.29. The summed E-state index contributed by atoms with van der Waals surface area (Å²) in [7, 11) is 0. The molecule has 0 bridgehead atoms. The van der Waals surface area contributed by atoms with Crippen LogP contribution in [0.2, 0.25) is 5.02 Å². The van der Waals surface area contributed by atoms with E-state index < -0.39 is 6.04 Å². The Morgan fingerprint density at radius 3 is 2.48 bits per heavy atom. The maximum atomic E-state index is 13.8. The zero-order chi connectivity index (χ0) is 27.9. The molecule has 7 heteroatoms. The Hall–Kier alpha value is -2.41. The number of hydrogen-bond donors (Lipinski definition) is 2. The highest BCUT2D eigenvalue weighted by atomic mass is 35.5. The minimum atomic E-state index is -0.598. The predicted octanol–water partition coefficient (Wildman–Crippen LogP) is 5.15. The van der Waals surface area contributed by atoms with Crippen molar-refractivity contribution in [1.29, 1.82) is 0 Å². The van der Waals surface area contributed by atoms with Gasteiger partial charge in [-0.3, -0.25) is 14.5 Å². The molecule has 2 N–H and O–H groups in total. The lowest BCUT2D eigenvalue weighted by Gasteiger charge is -2.40. The summed E-state index contributed by atoms with van der Waals surface area (Å²) in [5.41, 5.74) is 3.47. The van der Waals surface area contributed by atoms with E-state index in [1.54, 1.807) is 0 Å². The van der Waals surface area contributed by atoms with Gasteiger partial charge in [-0.15, -0.1) is 0 Å². The Labute approximate surface area is 244 Å². The molecule has 0 spiro atoms. The van der Waals surface area contributed by atoms with E-state index in [4.69, 9.17) is 11.6 Å². The third kappa shape index (κ3) is 7.65. The molecular formula is C33H45ClN4O2. The molecule has 3 atom stereocenters. The standard InChI is InChI=1S/C33H45ClN4O2/c1-24(21-25-7-3-2-4-8-25)37-17-19-38(20-18-37)33(40)31(22-26-11-13-28(34)14-12-26)36-32(39)23-30-29-10-6-5-9-27(29)15-16-35-30/h5-6,9-14,24-25,30-31,35H,2-4,7-8,15-23H2,1H3,(H,36,39). The van der Waals surface area contributed by atoms with Crippen LogP contribution < -0.4 is 10.6 Å². The fourth-order valence-corrected chi connectivity index (χ4v) is 7.05. The second-order valence-electron chi connectivity index (χ2n) is 12.1. The van der Waals surface area contributed by atoms with Crippen LogP contribution in [0.5, 0.6) is 0 Å². The second kappa shape index (κ2) is 14.0. The van der Waals surface area contributed by atoms with E-state index in [9.17, 15) is 9.59 Å². The van der Waals surface area contributed by atoms with E-state index in [1.807, 2.05) is 35.2 Å². The molecule has 0 aromatic heterocycles. The van der Waals surface area contributed by atoms with Crippen LogP contribution in [0.3, 0.4) is 0 Å². The van der Waals surface area contributed by atoms with Gasteiger partial charge in [0.05, 0.1) is 0 Å². The Bertz CT molecular complexity index is 1130. The molecule has 6 nitrogen and oxygen atoms in total. The molecule has 2 aromatic carbocycles. The third-order valence-electron chi connectivity index (χ3n) is 9.24. The van der Waals surface area contributed by atoms with Crippen LogP contribution in [0.15, 0.2) is 48.5 Å². The number of piperazine rings is 1. The highest BCUT2D eigenvalue weighted by molar-refractivity contribution is 6.30. The third-order valence-corrected chi connectivity index (χ3v) is 9.49. The van der Waals surface area contributed by atoms with Crippen LogP contribution in [-0.2, 0) is 22.4 Å². The van der Waals surface area contributed by atoms with Crippen molar-refractivity contribution in [2.24, 2.45) is 5.92 Å². The van der Waals surface area contributed by atoms with Gasteiger partial charge >= 0.3 is 0 Å². The second-order valence-corrected chi connectivity index (χ2v) is 12.5. The number of fused-ring (bicyclic) bond motifs is 1. The predicted molar refractivity (Wildman–Crippen MR) is 161 cm³/mol. The van der Waals surface area contributed by atoms with Crippen molar-refractivity contribution in [2.75, 3.05) is 32.7 Å². The lowest BCUT2D eigenvalue weighted by Crippen LogP contribution is -2.57. The quantitative estimate of drug-likeness (QED) is 0.442. The van der Waals surface area contributed by atoms with Gasteiger partial charge in [0.25, 0.3) is 0 Å². The van der Waals surface area contributed by atoms with Crippen LogP contribution in [-0.4, -0.2) is 66.4 Å². The lowest BCUT2D eigenvalue weighted by atomic mass is 9.85. The zero-order valence-electron chi connectivity index (χ0n) is 23.9. The number of carbonyl (C=O) groups excluding carboxylic acids is 2. The van der Waals surface area contributed by atoms with Crippen molar-refractivity contribution in [2.45, 2.75) is 82.8 Å². The first-order valence-electron chi connectivity index (χ1n) is 15.3. The maximum Gasteiger partial charge on any atom is 0.245 e. The summed E-state index contributed by atoms with van der Waals surface area (Å²) < 4.78 is 0. The first-order chi connectivity index (χ1) is 19.5. The summed E-state index contributed by atoms with van der Waals surface area (Å²) in [4.78, 5) is 31.7. The number of hydrogen-bond acceptors (Lipinski definition) is 4. The van der Waals surface area contributed by atoms with Crippen molar-refractivity contribution in [3.8, 4) is 0 Å². The Kier molecular flexibility index (Phi) is 10.2. The van der Waals surface area contributed by atoms with Crippen LogP contribution >= 0.6 is 11.6 Å². The van der Waals surface area contributed by atoms with Gasteiger partial charge < -0.3 is 15.5 Å². The summed E-state index contributed by atoms with van der Waals surface area (Å²) >= 11 is 6.11. The molecule has 1 aliphatic carbocycles. The van der Waals surface area contributed by atoms with E-state index in [0.29, 0.717) is 37.0 Å².